The maximum absolute atomic E-state index is 2.88. The van der Waals surface area contributed by atoms with Crippen LogP contribution in [0.2, 0.25) is 26.2 Å². The second-order valence-corrected chi connectivity index (χ2v) is 23.4. The summed E-state index contributed by atoms with van der Waals surface area (Å²) in [6.45, 7) is 15.9. The Balaban J connectivity index is 0.00000150. The predicted octanol–water partition coefficient (Wildman–Crippen LogP) is 5.48. The zero-order valence-electron chi connectivity index (χ0n) is 18.6. The summed E-state index contributed by atoms with van der Waals surface area (Å²) >= 11 is -0.905. The molecule has 0 atom stereocenters. The Morgan fingerprint density at radius 2 is 1.00 bits per heavy atom. The third kappa shape index (κ3) is 4.94. The van der Waals surface area contributed by atoms with E-state index in [-0.39, 0.29) is 9.41 Å². The SMILES string of the molecule is C[Si](C)(C1=[C]([Hf][C]2=C([Si](C)(C)N3CCCC3)C=CC2)CC=C1)N1CCCC1.F.F. The van der Waals surface area contributed by atoms with E-state index in [2.05, 4.69) is 59.6 Å². The molecule has 2 heterocycles. The van der Waals surface area contributed by atoms with Crippen molar-refractivity contribution in [3.8, 4) is 0 Å². The van der Waals surface area contributed by atoms with Gasteiger partial charge in [-0.2, -0.15) is 0 Å². The fraction of sp³-hybridized carbons (Fsp3) is 0.636. The van der Waals surface area contributed by atoms with E-state index in [1.807, 2.05) is 17.1 Å². The normalized spacial score (nSPS) is 23.2. The Hall–Kier alpha value is 0.0439. The van der Waals surface area contributed by atoms with Crippen molar-refractivity contribution in [1.29, 1.82) is 0 Å². The Morgan fingerprint density at radius 1 is 0.655 bits per heavy atom. The van der Waals surface area contributed by atoms with Gasteiger partial charge in [-0.25, -0.2) is 0 Å². The molecule has 2 aliphatic carbocycles. The fourth-order valence-corrected chi connectivity index (χ4v) is 23.8. The van der Waals surface area contributed by atoms with Gasteiger partial charge in [0.2, 0.25) is 0 Å². The first-order valence-corrected chi connectivity index (χ1v) is 20.5. The predicted molar refractivity (Wildman–Crippen MR) is 123 cm³/mol. The third-order valence-electron chi connectivity index (χ3n) is 7.28. The van der Waals surface area contributed by atoms with Crippen molar-refractivity contribution in [2.24, 2.45) is 0 Å². The number of halogens is 2. The van der Waals surface area contributed by atoms with Crippen LogP contribution in [0.4, 0.5) is 9.41 Å². The molecule has 0 N–H and O–H groups in total. The van der Waals surface area contributed by atoms with Crippen LogP contribution in [0.5, 0.6) is 0 Å². The maximum Gasteiger partial charge on any atom is -0.269 e. The van der Waals surface area contributed by atoms with Crippen LogP contribution >= 0.6 is 0 Å². The van der Waals surface area contributed by atoms with Crippen molar-refractivity contribution in [1.82, 2.24) is 9.13 Å². The average molecular weight is 603 g/mol. The van der Waals surface area contributed by atoms with Gasteiger partial charge in [0.15, 0.2) is 0 Å². The summed E-state index contributed by atoms with van der Waals surface area (Å²) < 4.78 is 9.65. The summed E-state index contributed by atoms with van der Waals surface area (Å²) in [4.78, 5) is 0. The van der Waals surface area contributed by atoms with Crippen LogP contribution in [-0.4, -0.2) is 51.8 Å². The monoisotopic (exact) mass is 604 g/mol. The molecule has 29 heavy (non-hydrogen) atoms. The quantitative estimate of drug-likeness (QED) is 0.372. The molecule has 0 aromatic heterocycles. The van der Waals surface area contributed by atoms with E-state index in [4.69, 9.17) is 0 Å². The van der Waals surface area contributed by atoms with Crippen molar-refractivity contribution in [2.45, 2.75) is 64.7 Å². The van der Waals surface area contributed by atoms with Crippen LogP contribution in [0, 0.1) is 0 Å². The van der Waals surface area contributed by atoms with Gasteiger partial charge in [-0.05, 0) is 0 Å². The zero-order valence-corrected chi connectivity index (χ0v) is 24.2. The molecule has 2 nitrogen and oxygen atoms in total. The van der Waals surface area contributed by atoms with Gasteiger partial charge in [-0.1, -0.05) is 0 Å². The average Bonchev–Trinajstić information content (AvgIpc) is 3.40. The van der Waals surface area contributed by atoms with Crippen LogP contribution < -0.4 is 0 Å². The van der Waals surface area contributed by atoms with Crippen LogP contribution in [0.15, 0.2) is 41.4 Å². The van der Waals surface area contributed by atoms with Gasteiger partial charge < -0.3 is 0 Å². The summed E-state index contributed by atoms with van der Waals surface area (Å²) in [5.41, 5.74) is 0. The van der Waals surface area contributed by atoms with Gasteiger partial charge in [0.05, 0.1) is 0 Å². The molecule has 0 saturated carbocycles. The molecule has 4 aliphatic rings. The summed E-state index contributed by atoms with van der Waals surface area (Å²) in [5, 5.41) is 3.68. The molecular weight excluding hydrogens is 565 g/mol. The van der Waals surface area contributed by atoms with Gasteiger partial charge in [0.1, 0.15) is 0 Å². The number of hydrogen-bond acceptors (Lipinski definition) is 2. The van der Waals surface area contributed by atoms with Crippen molar-refractivity contribution >= 4 is 16.5 Å². The maximum atomic E-state index is 2.88. The van der Waals surface area contributed by atoms with Gasteiger partial charge in [-0.3, -0.25) is 9.41 Å². The van der Waals surface area contributed by atoms with Gasteiger partial charge in [-0.15, -0.1) is 0 Å². The number of nitrogens with zero attached hydrogens (tertiary/aromatic N) is 2. The van der Waals surface area contributed by atoms with Crippen LogP contribution in [0.1, 0.15) is 38.5 Å². The van der Waals surface area contributed by atoms with E-state index in [1.54, 1.807) is 0 Å². The summed E-state index contributed by atoms with van der Waals surface area (Å²) in [5.74, 6) is 0. The van der Waals surface area contributed by atoms with Crippen molar-refractivity contribution in [3.05, 3.63) is 41.4 Å². The minimum absolute atomic E-state index is 0. The number of allylic oxidation sites excluding steroid dienone is 8. The van der Waals surface area contributed by atoms with Crippen molar-refractivity contribution < 1.29 is 32.3 Å². The molecule has 0 unspecified atom stereocenters. The Labute approximate surface area is 189 Å². The molecule has 2 saturated heterocycles. The molecule has 4 rings (SSSR count). The minimum atomic E-state index is -1.43. The largest absolute Gasteiger partial charge is 0.269 e. The first kappa shape index (κ1) is 25.3. The van der Waals surface area contributed by atoms with Gasteiger partial charge in [0.25, 0.3) is 0 Å². The standard InChI is InChI=1S/2C11H18NSi.2FH.Hf/c2*1-13(2,11-7-3-4-8-11)12-9-5-6-10-12;;;/h2*3,7H,4-6,9-10H2,1-2H3;2*1H;. The molecule has 0 spiro atoms. The molecule has 0 aromatic rings. The smallest absolute Gasteiger partial charge is 0.269 e. The van der Waals surface area contributed by atoms with E-state index in [1.165, 1.54) is 64.7 Å². The molecule has 2 aliphatic heterocycles. The minimum Gasteiger partial charge on any atom is -0.269 e. The van der Waals surface area contributed by atoms with E-state index < -0.39 is 39.4 Å². The van der Waals surface area contributed by atoms with Crippen LogP contribution in [0.25, 0.3) is 0 Å². The van der Waals surface area contributed by atoms with Crippen molar-refractivity contribution in [2.75, 3.05) is 26.2 Å². The molecule has 0 aromatic carbocycles. The molecule has 0 radical (unpaired) electrons. The van der Waals surface area contributed by atoms with E-state index in [9.17, 15) is 0 Å². The summed E-state index contributed by atoms with van der Waals surface area (Å²) in [7, 11) is -2.87. The molecule has 2 fully saturated rings. The van der Waals surface area contributed by atoms with E-state index in [0.717, 1.165) is 0 Å². The molecule has 162 valence electrons. The fourth-order valence-electron chi connectivity index (χ4n) is 5.47. The summed E-state index contributed by atoms with van der Waals surface area (Å²) in [6, 6.07) is 0. The van der Waals surface area contributed by atoms with E-state index in [0.29, 0.717) is 0 Å². The second-order valence-electron chi connectivity index (χ2n) is 9.63. The first-order valence-electron chi connectivity index (χ1n) is 11.0. The Kier molecular flexibility index (Phi) is 8.82. The molecule has 0 bridgehead atoms. The molecule has 0 amide bonds. The Bertz CT molecular complexity index is 656. The number of hydrogen-bond donors (Lipinski definition) is 0. The van der Waals surface area contributed by atoms with E-state index >= 15 is 0 Å². The zero-order chi connectivity index (χ0) is 19.1. The summed E-state index contributed by atoms with van der Waals surface area (Å²) in [6.07, 6.45) is 18.3. The second kappa shape index (κ2) is 10.1. The third-order valence-corrected chi connectivity index (χ3v) is 22.3. The first-order chi connectivity index (χ1) is 12.9. The van der Waals surface area contributed by atoms with Crippen LogP contribution in [0.3, 0.4) is 0 Å². The van der Waals surface area contributed by atoms with Gasteiger partial charge in [0, 0.05) is 0 Å². The van der Waals surface area contributed by atoms with Crippen LogP contribution in [-0.2, 0) is 22.9 Å². The Morgan fingerprint density at radius 3 is 1.34 bits per heavy atom. The van der Waals surface area contributed by atoms with Gasteiger partial charge >= 0.3 is 181 Å². The van der Waals surface area contributed by atoms with Crippen molar-refractivity contribution in [3.63, 3.8) is 0 Å². The molecular formula is C22H38F2HfN2Si2. The topological polar surface area (TPSA) is 6.48 Å². The molecule has 7 heteroatoms. The number of rotatable bonds is 6.